The Bertz CT molecular complexity index is 1160. The zero-order valence-corrected chi connectivity index (χ0v) is 16.3. The second kappa shape index (κ2) is 7.92. The van der Waals surface area contributed by atoms with Gasteiger partial charge in [0.15, 0.2) is 5.82 Å². The molecule has 3 N–H and O–H groups in total. The summed E-state index contributed by atoms with van der Waals surface area (Å²) in [6, 6.07) is 20.7. The Balaban J connectivity index is 1.68. The number of rotatable bonds is 6. The molecule has 1 heterocycles. The molecule has 1 aromatic heterocycles. The van der Waals surface area contributed by atoms with Crippen molar-refractivity contribution in [3.05, 3.63) is 83.7 Å². The summed E-state index contributed by atoms with van der Waals surface area (Å²) in [5, 5.41) is 0.805. The van der Waals surface area contributed by atoms with Crippen LogP contribution in [0.2, 0.25) is 0 Å². The van der Waals surface area contributed by atoms with Crippen molar-refractivity contribution in [2.75, 3.05) is 0 Å². The lowest BCUT2D eigenvalue weighted by molar-refractivity contribution is 0.100. The third-order valence-corrected chi connectivity index (χ3v) is 5.30. The SMILES string of the molecule is CCCCc1ccc(-c2ccc3cc(-c4ccc(C(N)=O)cc4)[nH]c3c2F)cc1. The highest BCUT2D eigenvalue weighted by atomic mass is 19.1. The lowest BCUT2D eigenvalue weighted by Crippen LogP contribution is -2.10. The number of benzene rings is 3. The van der Waals surface area contributed by atoms with Crippen molar-refractivity contribution in [3.63, 3.8) is 0 Å². The number of halogens is 1. The quantitative estimate of drug-likeness (QED) is 0.414. The van der Waals surface area contributed by atoms with Gasteiger partial charge in [-0.3, -0.25) is 4.79 Å². The van der Waals surface area contributed by atoms with Crippen molar-refractivity contribution in [1.82, 2.24) is 4.98 Å². The van der Waals surface area contributed by atoms with Crippen molar-refractivity contribution in [3.8, 4) is 22.4 Å². The molecule has 0 saturated heterocycles. The van der Waals surface area contributed by atoms with E-state index in [4.69, 9.17) is 5.73 Å². The summed E-state index contributed by atoms with van der Waals surface area (Å²) in [4.78, 5) is 14.4. The molecule has 3 aromatic carbocycles. The number of unbranched alkanes of at least 4 members (excludes halogenated alkanes) is 1. The molecule has 0 aliphatic rings. The molecule has 4 heteroatoms. The van der Waals surface area contributed by atoms with Gasteiger partial charge >= 0.3 is 0 Å². The van der Waals surface area contributed by atoms with Crippen molar-refractivity contribution in [2.24, 2.45) is 5.73 Å². The van der Waals surface area contributed by atoms with Gasteiger partial charge in [-0.15, -0.1) is 0 Å². The van der Waals surface area contributed by atoms with E-state index in [1.54, 1.807) is 24.3 Å². The smallest absolute Gasteiger partial charge is 0.248 e. The standard InChI is InChI=1S/C25H23FN2O/c1-2-3-4-16-5-7-17(8-6-16)21-14-13-20-15-22(28-24(20)23(21)26)18-9-11-19(12-10-18)25(27)29/h5-15,28H,2-4H2,1H3,(H2,27,29). The maximum Gasteiger partial charge on any atom is 0.248 e. The highest BCUT2D eigenvalue weighted by Crippen LogP contribution is 2.32. The normalized spacial score (nSPS) is 11.1. The van der Waals surface area contributed by atoms with Crippen molar-refractivity contribution < 1.29 is 9.18 Å². The number of fused-ring (bicyclic) bond motifs is 1. The number of amides is 1. The van der Waals surface area contributed by atoms with E-state index in [1.165, 1.54) is 5.56 Å². The first-order valence-corrected chi connectivity index (χ1v) is 9.87. The van der Waals surface area contributed by atoms with Crippen LogP contribution in [-0.2, 0) is 6.42 Å². The number of aryl methyl sites for hydroxylation is 1. The van der Waals surface area contributed by atoms with Crippen LogP contribution in [0.25, 0.3) is 33.3 Å². The van der Waals surface area contributed by atoms with Crippen LogP contribution in [0, 0.1) is 5.82 Å². The second-order valence-corrected chi connectivity index (χ2v) is 7.32. The molecule has 3 nitrogen and oxygen atoms in total. The van der Waals surface area contributed by atoms with E-state index < -0.39 is 5.91 Å². The average molecular weight is 386 g/mol. The van der Waals surface area contributed by atoms with E-state index in [2.05, 4.69) is 24.0 Å². The number of primary amides is 1. The Kier molecular flexibility index (Phi) is 5.17. The van der Waals surface area contributed by atoms with Crippen LogP contribution in [0.1, 0.15) is 35.7 Å². The molecule has 4 rings (SSSR count). The van der Waals surface area contributed by atoms with Gasteiger partial charge < -0.3 is 10.7 Å². The van der Waals surface area contributed by atoms with Gasteiger partial charge in [0.1, 0.15) is 0 Å². The van der Waals surface area contributed by atoms with Crippen molar-refractivity contribution in [1.29, 1.82) is 0 Å². The largest absolute Gasteiger partial charge is 0.366 e. The molecule has 29 heavy (non-hydrogen) atoms. The molecule has 0 fully saturated rings. The van der Waals surface area contributed by atoms with Crippen LogP contribution in [0.3, 0.4) is 0 Å². The van der Waals surface area contributed by atoms with Crippen LogP contribution in [-0.4, -0.2) is 10.9 Å². The molecule has 0 unspecified atom stereocenters. The van der Waals surface area contributed by atoms with E-state index in [0.29, 0.717) is 16.6 Å². The second-order valence-electron chi connectivity index (χ2n) is 7.32. The minimum atomic E-state index is -0.468. The van der Waals surface area contributed by atoms with E-state index >= 15 is 4.39 Å². The van der Waals surface area contributed by atoms with E-state index in [-0.39, 0.29) is 5.82 Å². The number of aromatic amines is 1. The first kappa shape index (κ1) is 18.9. The van der Waals surface area contributed by atoms with Crippen LogP contribution in [0.15, 0.2) is 66.7 Å². The predicted molar refractivity (Wildman–Crippen MR) is 116 cm³/mol. The molecule has 1 amide bonds. The molecule has 0 bridgehead atoms. The molecule has 0 aliphatic heterocycles. The first-order valence-electron chi connectivity index (χ1n) is 9.87. The minimum Gasteiger partial charge on any atom is -0.366 e. The monoisotopic (exact) mass is 386 g/mol. The third kappa shape index (κ3) is 3.79. The number of hydrogen-bond acceptors (Lipinski definition) is 1. The van der Waals surface area contributed by atoms with Crippen LogP contribution < -0.4 is 5.73 Å². The van der Waals surface area contributed by atoms with Crippen LogP contribution in [0.4, 0.5) is 4.39 Å². The Morgan fingerprint density at radius 1 is 0.966 bits per heavy atom. The van der Waals surface area contributed by atoms with Gasteiger partial charge in [0, 0.05) is 22.2 Å². The Morgan fingerprint density at radius 3 is 2.31 bits per heavy atom. The number of hydrogen-bond donors (Lipinski definition) is 2. The average Bonchev–Trinajstić information content (AvgIpc) is 3.18. The molecule has 0 radical (unpaired) electrons. The minimum absolute atomic E-state index is 0.260. The summed E-state index contributed by atoms with van der Waals surface area (Å²) < 4.78 is 15.3. The fraction of sp³-hybridized carbons (Fsp3) is 0.160. The van der Waals surface area contributed by atoms with Gasteiger partial charge in [0.25, 0.3) is 0 Å². The highest BCUT2D eigenvalue weighted by Gasteiger charge is 2.13. The fourth-order valence-electron chi connectivity index (χ4n) is 3.59. The van der Waals surface area contributed by atoms with Crippen LogP contribution in [0.5, 0.6) is 0 Å². The summed E-state index contributed by atoms with van der Waals surface area (Å²) in [5.41, 5.74) is 10.6. The van der Waals surface area contributed by atoms with Gasteiger partial charge in [-0.25, -0.2) is 4.39 Å². The molecule has 0 atom stereocenters. The zero-order valence-electron chi connectivity index (χ0n) is 16.3. The van der Waals surface area contributed by atoms with E-state index in [1.807, 2.05) is 30.3 Å². The zero-order chi connectivity index (χ0) is 20.4. The number of carbonyl (C=O) groups excluding carboxylic acids is 1. The summed E-state index contributed by atoms with van der Waals surface area (Å²) in [5.74, 6) is -0.728. The number of nitrogens with one attached hydrogen (secondary N) is 1. The molecule has 0 aliphatic carbocycles. The van der Waals surface area contributed by atoms with Crippen molar-refractivity contribution >= 4 is 16.8 Å². The lowest BCUT2D eigenvalue weighted by Gasteiger charge is -2.06. The fourth-order valence-corrected chi connectivity index (χ4v) is 3.59. The maximum atomic E-state index is 15.3. The maximum absolute atomic E-state index is 15.3. The Hall–Kier alpha value is -3.40. The van der Waals surface area contributed by atoms with E-state index in [0.717, 1.165) is 41.5 Å². The van der Waals surface area contributed by atoms with Crippen LogP contribution >= 0.6 is 0 Å². The number of H-pyrrole nitrogens is 1. The van der Waals surface area contributed by atoms with E-state index in [9.17, 15) is 4.79 Å². The number of carbonyl (C=O) groups is 1. The Morgan fingerprint density at radius 2 is 1.66 bits per heavy atom. The molecule has 0 saturated carbocycles. The first-order chi connectivity index (χ1) is 14.1. The molecular formula is C25H23FN2O. The molecule has 4 aromatic rings. The van der Waals surface area contributed by atoms with Crippen molar-refractivity contribution in [2.45, 2.75) is 26.2 Å². The summed E-state index contributed by atoms with van der Waals surface area (Å²) in [6.07, 6.45) is 3.37. The third-order valence-electron chi connectivity index (χ3n) is 5.30. The van der Waals surface area contributed by atoms with Gasteiger partial charge in [0.2, 0.25) is 5.91 Å². The summed E-state index contributed by atoms with van der Waals surface area (Å²) in [6.45, 7) is 2.18. The number of aromatic nitrogens is 1. The molecular weight excluding hydrogens is 363 g/mol. The molecule has 146 valence electrons. The summed E-state index contributed by atoms with van der Waals surface area (Å²) in [7, 11) is 0. The summed E-state index contributed by atoms with van der Waals surface area (Å²) >= 11 is 0. The predicted octanol–water partition coefficient (Wildman–Crippen LogP) is 6.08. The molecule has 0 spiro atoms. The van der Waals surface area contributed by atoms with Gasteiger partial charge in [-0.05, 0) is 47.7 Å². The Labute approximate surface area is 169 Å². The number of nitrogens with two attached hydrogens (primary N) is 1. The van der Waals surface area contributed by atoms with Gasteiger partial charge in [-0.2, -0.15) is 0 Å². The topological polar surface area (TPSA) is 58.9 Å². The highest BCUT2D eigenvalue weighted by molar-refractivity contribution is 5.94. The van der Waals surface area contributed by atoms with Gasteiger partial charge in [0.05, 0.1) is 5.52 Å². The lowest BCUT2D eigenvalue weighted by atomic mass is 10.0. The van der Waals surface area contributed by atoms with Gasteiger partial charge in [-0.1, -0.05) is 61.9 Å².